The molecule has 0 saturated carbocycles. The molecule has 0 saturated heterocycles. The summed E-state index contributed by atoms with van der Waals surface area (Å²) < 4.78 is 89.6. The van der Waals surface area contributed by atoms with Crippen molar-refractivity contribution >= 4 is 35.2 Å². The van der Waals surface area contributed by atoms with Crippen molar-refractivity contribution in [2.24, 2.45) is 10.2 Å². The number of hydrogen-bond donors (Lipinski definition) is 0. The average molecular weight is 817 g/mol. The normalized spacial score (nSPS) is 17.5. The summed E-state index contributed by atoms with van der Waals surface area (Å²) in [6.07, 6.45) is 8.78. The Bertz CT molecular complexity index is 2010. The lowest BCUT2D eigenvalue weighted by Gasteiger charge is -2.26. The van der Waals surface area contributed by atoms with Gasteiger partial charge in [0.2, 0.25) is 0 Å². The van der Waals surface area contributed by atoms with Gasteiger partial charge in [-0.15, -0.1) is 23.5 Å². The number of alkyl halides is 6. The highest BCUT2D eigenvalue weighted by molar-refractivity contribution is 7.98. The van der Waals surface area contributed by atoms with Crippen LogP contribution in [0.2, 0.25) is 0 Å². The van der Waals surface area contributed by atoms with Crippen LogP contribution in [-0.2, 0) is 0 Å². The Morgan fingerprint density at radius 2 is 1.20 bits per heavy atom. The number of hydrogen-bond acceptors (Lipinski definition) is 10. The fourth-order valence-corrected chi connectivity index (χ4v) is 6.59. The summed E-state index contributed by atoms with van der Waals surface area (Å²) in [6, 6.07) is 11.8. The maximum atomic E-state index is 12.7. The fourth-order valence-electron chi connectivity index (χ4n) is 5.59. The number of benzene rings is 2. The summed E-state index contributed by atoms with van der Waals surface area (Å²) >= 11 is 3.21. The lowest BCUT2D eigenvalue weighted by molar-refractivity contribution is -0.0807. The number of rotatable bonds is 15. The Labute approximate surface area is 331 Å². The fraction of sp³-hybridized carbons (Fsp3) is 0.300. The molecule has 298 valence electrons. The van der Waals surface area contributed by atoms with Gasteiger partial charge in [-0.1, -0.05) is 30.4 Å². The summed E-state index contributed by atoms with van der Waals surface area (Å²) in [5, 5.41) is 12.5. The Morgan fingerprint density at radius 1 is 0.714 bits per heavy atom. The zero-order valence-corrected chi connectivity index (χ0v) is 33.2. The lowest BCUT2D eigenvalue weighted by Crippen LogP contribution is -2.39. The molecule has 5 rings (SSSR count). The summed E-state index contributed by atoms with van der Waals surface area (Å²) in [4.78, 5) is 5.84. The van der Waals surface area contributed by atoms with Gasteiger partial charge in [-0.3, -0.25) is 10.0 Å². The Morgan fingerprint density at radius 3 is 1.66 bits per heavy atom. The van der Waals surface area contributed by atoms with E-state index in [-0.39, 0.29) is 25.5 Å². The number of amidine groups is 2. The largest absolute Gasteiger partial charge is 0.478 e. The maximum absolute atomic E-state index is 12.7. The van der Waals surface area contributed by atoms with Crippen LogP contribution in [0.3, 0.4) is 0 Å². The zero-order chi connectivity index (χ0) is 40.6. The number of halogens is 6. The Kier molecular flexibility index (Phi) is 13.8. The quantitative estimate of drug-likeness (QED) is 0.100. The number of aryl methyl sites for hydroxylation is 2. The molecule has 2 unspecified atom stereocenters. The summed E-state index contributed by atoms with van der Waals surface area (Å²) in [5.41, 5.74) is 3.44. The van der Waals surface area contributed by atoms with E-state index in [9.17, 15) is 26.3 Å². The number of thioether (sulfide) groups is 2. The predicted molar refractivity (Wildman–Crippen MR) is 213 cm³/mol. The number of allylic oxidation sites excluding steroid dienone is 9. The van der Waals surface area contributed by atoms with Gasteiger partial charge in [-0.25, -0.2) is 0 Å². The van der Waals surface area contributed by atoms with Crippen molar-refractivity contribution in [3.63, 3.8) is 0 Å². The summed E-state index contributed by atoms with van der Waals surface area (Å²) in [5.74, 6) is 2.26. The van der Waals surface area contributed by atoms with Crippen LogP contribution in [0.15, 0.2) is 141 Å². The van der Waals surface area contributed by atoms with Gasteiger partial charge in [0.25, 0.3) is 0 Å². The van der Waals surface area contributed by atoms with E-state index in [1.54, 1.807) is 23.5 Å². The van der Waals surface area contributed by atoms with Gasteiger partial charge in [0, 0.05) is 54.0 Å². The monoisotopic (exact) mass is 816 g/mol. The molecule has 1 aliphatic carbocycles. The van der Waals surface area contributed by atoms with E-state index in [4.69, 9.17) is 19.7 Å². The van der Waals surface area contributed by atoms with Crippen molar-refractivity contribution in [3.05, 3.63) is 132 Å². The molecule has 2 atom stereocenters. The first-order valence-corrected chi connectivity index (χ1v) is 19.7. The molecule has 0 bridgehead atoms. The van der Waals surface area contributed by atoms with E-state index in [0.717, 1.165) is 44.2 Å². The third-order valence-electron chi connectivity index (χ3n) is 8.42. The van der Waals surface area contributed by atoms with E-state index in [2.05, 4.69) is 0 Å². The molecule has 8 nitrogen and oxygen atoms in total. The van der Waals surface area contributed by atoms with Crippen LogP contribution in [0.25, 0.3) is 0 Å². The molecule has 0 amide bonds. The number of nitrogens with zero attached hydrogens (tertiary/aromatic N) is 6. The second-order valence-electron chi connectivity index (χ2n) is 12.9. The molecule has 56 heavy (non-hydrogen) atoms. The second-order valence-corrected chi connectivity index (χ2v) is 14.6. The van der Waals surface area contributed by atoms with Crippen LogP contribution >= 0.6 is 23.5 Å². The smallest absolute Gasteiger partial charge is 0.409 e. The first-order valence-electron chi connectivity index (χ1n) is 17.2. The van der Waals surface area contributed by atoms with E-state index < -0.39 is 24.6 Å². The van der Waals surface area contributed by atoms with Crippen LogP contribution in [-0.4, -0.2) is 96.0 Å². The molecule has 3 aliphatic rings. The van der Waals surface area contributed by atoms with Gasteiger partial charge >= 0.3 is 12.4 Å². The van der Waals surface area contributed by atoms with Crippen LogP contribution in [0.1, 0.15) is 11.1 Å². The van der Waals surface area contributed by atoms with Gasteiger partial charge in [-0.05, 0) is 97.7 Å². The van der Waals surface area contributed by atoms with Crippen LogP contribution < -0.4 is 9.47 Å². The standard InChI is InChI=1S/C40H42F6N6O2S2/c1-27-23-30(55-5)13-16-33(27)53-35(37-47-51(25-49(37)3)21-9-7-19-39(41,42)43)18-15-32(29-11-12-29)36(54-34-17-14-31(56-6)24-28(34)2)38-48-52(26-50(38)4)22-10-8-20-40(44,45)46/h7-24,35-36H,25-26H2,1-6H3/b18-15-,19-7+,20-8+,21-9+,22-10+. The highest BCUT2D eigenvalue weighted by Crippen LogP contribution is 2.33. The Hall–Kier alpha value is -4.96. The van der Waals surface area contributed by atoms with Gasteiger partial charge in [0.15, 0.2) is 23.9 Å². The third-order valence-corrected chi connectivity index (χ3v) is 9.87. The first-order chi connectivity index (χ1) is 26.5. The van der Waals surface area contributed by atoms with Crippen molar-refractivity contribution in [2.75, 3.05) is 39.9 Å². The molecule has 2 aromatic rings. The number of ether oxygens (including phenoxy) is 2. The van der Waals surface area contributed by atoms with Gasteiger partial charge in [0.1, 0.15) is 24.8 Å². The lowest BCUT2D eigenvalue weighted by atomic mass is 10.0. The molecular formula is C40H42F6N6O2S2. The molecule has 2 aromatic carbocycles. The van der Waals surface area contributed by atoms with Crippen LogP contribution in [0.4, 0.5) is 26.3 Å². The molecule has 2 heterocycles. The molecule has 0 radical (unpaired) electrons. The van der Waals surface area contributed by atoms with Crippen molar-refractivity contribution in [2.45, 2.75) is 48.2 Å². The Balaban J connectivity index is 1.54. The summed E-state index contributed by atoms with van der Waals surface area (Å²) in [6.45, 7) is 4.42. The average Bonchev–Trinajstić information content (AvgIpc) is 3.81. The minimum atomic E-state index is -4.44. The molecule has 0 aromatic heterocycles. The second kappa shape index (κ2) is 18.3. The van der Waals surface area contributed by atoms with E-state index >= 15 is 0 Å². The number of hydrazone groups is 2. The van der Waals surface area contributed by atoms with Crippen molar-refractivity contribution in [3.8, 4) is 11.5 Å². The molecule has 0 fully saturated rings. The van der Waals surface area contributed by atoms with Crippen molar-refractivity contribution in [1.29, 1.82) is 0 Å². The SMILES string of the molecule is CSc1ccc(OC(/C=C\C(=C2C=C2)C(Oc2ccc(SC)cc2C)C2=NN(/C=C/C=C/C(F)(F)F)CN2C)C2=NN(/C=C/C=C/C(F)(F)F)CN2C)c(C)c1. The van der Waals surface area contributed by atoms with Crippen molar-refractivity contribution < 1.29 is 35.8 Å². The predicted octanol–water partition coefficient (Wildman–Crippen LogP) is 9.67. The minimum absolute atomic E-state index is 0.147. The third kappa shape index (κ3) is 12.0. The maximum Gasteiger partial charge on any atom is 0.409 e. The molecular weight excluding hydrogens is 775 g/mol. The van der Waals surface area contributed by atoms with Gasteiger partial charge in [-0.2, -0.15) is 36.5 Å². The highest BCUT2D eigenvalue weighted by atomic mass is 32.2. The van der Waals surface area contributed by atoms with Gasteiger partial charge in [0.05, 0.1) is 0 Å². The van der Waals surface area contributed by atoms with E-state index in [1.807, 2.05) is 111 Å². The first kappa shape index (κ1) is 42.2. The molecule has 16 heteroatoms. The number of likely N-dealkylation sites (N-methyl/N-ethyl adjacent to an activating group) is 2. The molecule has 2 aliphatic heterocycles. The van der Waals surface area contributed by atoms with Gasteiger partial charge < -0.3 is 19.3 Å². The van der Waals surface area contributed by atoms with Crippen LogP contribution in [0, 0.1) is 13.8 Å². The van der Waals surface area contributed by atoms with Crippen molar-refractivity contribution in [1.82, 2.24) is 19.8 Å². The zero-order valence-electron chi connectivity index (χ0n) is 31.5. The molecule has 0 N–H and O–H groups in total. The van der Waals surface area contributed by atoms with Crippen LogP contribution in [0.5, 0.6) is 11.5 Å². The minimum Gasteiger partial charge on any atom is -0.478 e. The highest BCUT2D eigenvalue weighted by Gasteiger charge is 2.34. The topological polar surface area (TPSA) is 56.1 Å². The summed E-state index contributed by atoms with van der Waals surface area (Å²) in [7, 11) is 3.64. The van der Waals surface area contributed by atoms with E-state index in [1.165, 1.54) is 34.6 Å². The molecule has 0 spiro atoms. The van der Waals surface area contributed by atoms with E-state index in [0.29, 0.717) is 23.2 Å².